The Balaban J connectivity index is 1.96. The molecule has 1 aliphatic carbocycles. The SMILES string of the molecule is COC1CCCC1NS(=O)(=O)C1CCNCC1. The van der Waals surface area contributed by atoms with Crippen molar-refractivity contribution in [2.24, 2.45) is 0 Å². The summed E-state index contributed by atoms with van der Waals surface area (Å²) in [6.45, 7) is 1.59. The zero-order chi connectivity index (χ0) is 12.3. The third-order valence-electron chi connectivity index (χ3n) is 3.80. The molecule has 2 rings (SSSR count). The van der Waals surface area contributed by atoms with E-state index in [4.69, 9.17) is 4.74 Å². The van der Waals surface area contributed by atoms with Gasteiger partial charge in [0, 0.05) is 13.2 Å². The third-order valence-corrected chi connectivity index (χ3v) is 5.78. The molecule has 100 valence electrons. The standard InChI is InChI=1S/C11H22N2O3S/c1-16-11-4-2-3-10(11)13-17(14,15)9-5-7-12-8-6-9/h9-13H,2-8H2,1H3. The van der Waals surface area contributed by atoms with Crippen LogP contribution >= 0.6 is 0 Å². The molecule has 0 radical (unpaired) electrons. The minimum Gasteiger partial charge on any atom is -0.380 e. The van der Waals surface area contributed by atoms with Crippen molar-refractivity contribution in [1.82, 2.24) is 10.0 Å². The summed E-state index contributed by atoms with van der Waals surface area (Å²) in [6.07, 6.45) is 4.35. The van der Waals surface area contributed by atoms with Crippen LogP contribution < -0.4 is 10.0 Å². The summed E-state index contributed by atoms with van der Waals surface area (Å²) in [5.41, 5.74) is 0. The van der Waals surface area contributed by atoms with Gasteiger partial charge in [0.1, 0.15) is 0 Å². The molecule has 0 bridgehead atoms. The number of ether oxygens (including phenoxy) is 1. The first-order chi connectivity index (χ1) is 8.13. The quantitative estimate of drug-likeness (QED) is 0.761. The maximum absolute atomic E-state index is 12.2. The van der Waals surface area contributed by atoms with Gasteiger partial charge in [-0.15, -0.1) is 0 Å². The van der Waals surface area contributed by atoms with E-state index in [0.29, 0.717) is 12.8 Å². The summed E-state index contributed by atoms with van der Waals surface area (Å²) < 4.78 is 32.6. The maximum atomic E-state index is 12.2. The Kier molecular flexibility index (Phi) is 4.41. The van der Waals surface area contributed by atoms with Crippen LogP contribution in [-0.2, 0) is 14.8 Å². The van der Waals surface area contributed by atoms with Crippen molar-refractivity contribution in [3.8, 4) is 0 Å². The van der Waals surface area contributed by atoms with Gasteiger partial charge in [0.25, 0.3) is 0 Å². The Morgan fingerprint density at radius 3 is 2.53 bits per heavy atom. The van der Waals surface area contributed by atoms with E-state index in [1.807, 2.05) is 0 Å². The van der Waals surface area contributed by atoms with Gasteiger partial charge >= 0.3 is 0 Å². The fraction of sp³-hybridized carbons (Fsp3) is 1.00. The summed E-state index contributed by atoms with van der Waals surface area (Å²) in [5.74, 6) is 0. The topological polar surface area (TPSA) is 67.4 Å². The van der Waals surface area contributed by atoms with Gasteiger partial charge in [0.15, 0.2) is 0 Å². The molecule has 6 heteroatoms. The lowest BCUT2D eigenvalue weighted by atomic mass is 10.2. The highest BCUT2D eigenvalue weighted by Gasteiger charge is 2.34. The van der Waals surface area contributed by atoms with Gasteiger partial charge < -0.3 is 10.1 Å². The van der Waals surface area contributed by atoms with Crippen LogP contribution in [0.3, 0.4) is 0 Å². The lowest BCUT2D eigenvalue weighted by Gasteiger charge is -2.26. The average Bonchev–Trinajstić information content (AvgIpc) is 2.77. The number of nitrogens with one attached hydrogen (secondary N) is 2. The van der Waals surface area contributed by atoms with E-state index in [1.54, 1.807) is 7.11 Å². The van der Waals surface area contributed by atoms with Crippen LogP contribution in [0, 0.1) is 0 Å². The van der Waals surface area contributed by atoms with E-state index in [2.05, 4.69) is 10.0 Å². The van der Waals surface area contributed by atoms with Gasteiger partial charge in [-0.2, -0.15) is 0 Å². The van der Waals surface area contributed by atoms with E-state index < -0.39 is 10.0 Å². The fourth-order valence-electron chi connectivity index (χ4n) is 2.76. The number of piperidine rings is 1. The third kappa shape index (κ3) is 3.19. The first-order valence-electron chi connectivity index (χ1n) is 6.38. The Bertz CT molecular complexity index is 339. The zero-order valence-corrected chi connectivity index (χ0v) is 11.1. The largest absolute Gasteiger partial charge is 0.380 e. The summed E-state index contributed by atoms with van der Waals surface area (Å²) in [6, 6.07) is -0.0279. The Hall–Kier alpha value is -0.170. The van der Waals surface area contributed by atoms with Gasteiger partial charge in [-0.3, -0.25) is 0 Å². The van der Waals surface area contributed by atoms with Crippen molar-refractivity contribution in [3.63, 3.8) is 0 Å². The molecule has 0 amide bonds. The van der Waals surface area contributed by atoms with Crippen molar-refractivity contribution in [2.75, 3.05) is 20.2 Å². The Morgan fingerprint density at radius 2 is 1.88 bits per heavy atom. The van der Waals surface area contributed by atoms with Crippen molar-refractivity contribution in [2.45, 2.75) is 49.5 Å². The van der Waals surface area contributed by atoms with Gasteiger partial charge in [0.2, 0.25) is 10.0 Å². The van der Waals surface area contributed by atoms with Crippen LogP contribution in [0.15, 0.2) is 0 Å². The molecule has 1 saturated carbocycles. The highest BCUT2D eigenvalue weighted by atomic mass is 32.2. The molecule has 2 fully saturated rings. The van der Waals surface area contributed by atoms with Crippen LogP contribution in [0.1, 0.15) is 32.1 Å². The first kappa shape index (κ1) is 13.3. The van der Waals surface area contributed by atoms with E-state index in [0.717, 1.165) is 32.4 Å². The molecule has 2 aliphatic rings. The fourth-order valence-corrected chi connectivity index (χ4v) is 4.50. The number of hydrogen-bond acceptors (Lipinski definition) is 4. The molecule has 1 heterocycles. The second kappa shape index (κ2) is 5.65. The van der Waals surface area contributed by atoms with Gasteiger partial charge in [0.05, 0.1) is 11.4 Å². The minimum absolute atomic E-state index is 0.0279. The summed E-state index contributed by atoms with van der Waals surface area (Å²) in [4.78, 5) is 0. The molecule has 0 aromatic rings. The molecule has 2 unspecified atom stereocenters. The minimum atomic E-state index is -3.18. The average molecular weight is 262 g/mol. The molecule has 2 N–H and O–H groups in total. The van der Waals surface area contributed by atoms with Crippen LogP contribution in [0.25, 0.3) is 0 Å². The molecule has 17 heavy (non-hydrogen) atoms. The second-order valence-electron chi connectivity index (χ2n) is 4.92. The van der Waals surface area contributed by atoms with Gasteiger partial charge in [-0.25, -0.2) is 13.1 Å². The molecule has 1 aliphatic heterocycles. The number of methoxy groups -OCH3 is 1. The number of hydrogen-bond donors (Lipinski definition) is 2. The normalized spacial score (nSPS) is 31.8. The van der Waals surface area contributed by atoms with Crippen LogP contribution in [0.2, 0.25) is 0 Å². The Morgan fingerprint density at radius 1 is 1.18 bits per heavy atom. The summed E-state index contributed by atoms with van der Waals surface area (Å²) in [7, 11) is -1.53. The Labute approximate surface area is 103 Å². The van der Waals surface area contributed by atoms with Crippen LogP contribution in [0.4, 0.5) is 0 Å². The lowest BCUT2D eigenvalue weighted by Crippen LogP contribution is -2.47. The first-order valence-corrected chi connectivity index (χ1v) is 7.93. The predicted octanol–water partition coefficient (Wildman–Crippen LogP) is 0.225. The van der Waals surface area contributed by atoms with E-state index in [1.165, 1.54) is 0 Å². The number of rotatable bonds is 4. The lowest BCUT2D eigenvalue weighted by molar-refractivity contribution is 0.0915. The number of sulfonamides is 1. The smallest absolute Gasteiger partial charge is 0.214 e. The summed E-state index contributed by atoms with van der Waals surface area (Å²) >= 11 is 0. The van der Waals surface area contributed by atoms with E-state index in [-0.39, 0.29) is 17.4 Å². The van der Waals surface area contributed by atoms with Crippen LogP contribution in [0.5, 0.6) is 0 Å². The summed E-state index contributed by atoms with van der Waals surface area (Å²) in [5, 5.41) is 2.95. The van der Waals surface area contributed by atoms with E-state index >= 15 is 0 Å². The molecule has 1 saturated heterocycles. The van der Waals surface area contributed by atoms with Crippen LogP contribution in [-0.4, -0.2) is 46.0 Å². The molecule has 0 spiro atoms. The molecule has 0 aromatic carbocycles. The molecular formula is C11H22N2O3S. The monoisotopic (exact) mass is 262 g/mol. The molecule has 0 aromatic heterocycles. The molecule has 5 nitrogen and oxygen atoms in total. The highest BCUT2D eigenvalue weighted by molar-refractivity contribution is 7.90. The second-order valence-corrected chi connectivity index (χ2v) is 6.92. The van der Waals surface area contributed by atoms with E-state index in [9.17, 15) is 8.42 Å². The van der Waals surface area contributed by atoms with Crippen molar-refractivity contribution in [1.29, 1.82) is 0 Å². The van der Waals surface area contributed by atoms with Crippen molar-refractivity contribution < 1.29 is 13.2 Å². The van der Waals surface area contributed by atoms with Crippen molar-refractivity contribution in [3.05, 3.63) is 0 Å². The molecular weight excluding hydrogens is 240 g/mol. The maximum Gasteiger partial charge on any atom is 0.214 e. The van der Waals surface area contributed by atoms with Crippen molar-refractivity contribution >= 4 is 10.0 Å². The highest BCUT2D eigenvalue weighted by Crippen LogP contribution is 2.23. The van der Waals surface area contributed by atoms with Gasteiger partial charge in [-0.05, 0) is 45.2 Å². The molecule has 2 atom stereocenters. The van der Waals surface area contributed by atoms with Gasteiger partial charge in [-0.1, -0.05) is 0 Å². The predicted molar refractivity (Wildman–Crippen MR) is 66.4 cm³/mol. The zero-order valence-electron chi connectivity index (χ0n) is 10.3.